The first kappa shape index (κ1) is 21.0. The number of anilines is 1. The number of benzene rings is 2. The van der Waals surface area contributed by atoms with Gasteiger partial charge >= 0.3 is 0 Å². The summed E-state index contributed by atoms with van der Waals surface area (Å²) >= 11 is 3.46. The van der Waals surface area contributed by atoms with E-state index < -0.39 is 10.0 Å². The SMILES string of the molecule is Cc1ccc(NC(=O)CN2CCN(S(=O)(=O)Cc3ccccc3)CC2)c(Br)c1. The summed E-state index contributed by atoms with van der Waals surface area (Å²) in [5.74, 6) is -0.0966. The Morgan fingerprint density at radius 1 is 1.07 bits per heavy atom. The Hall–Kier alpha value is -1.74. The summed E-state index contributed by atoms with van der Waals surface area (Å²) in [4.78, 5) is 14.3. The molecule has 0 unspecified atom stereocenters. The molecule has 0 spiro atoms. The number of hydrogen-bond acceptors (Lipinski definition) is 4. The first-order chi connectivity index (χ1) is 13.3. The summed E-state index contributed by atoms with van der Waals surface area (Å²) in [6.45, 7) is 4.11. The fourth-order valence-electron chi connectivity index (χ4n) is 3.16. The maximum atomic E-state index is 12.6. The summed E-state index contributed by atoms with van der Waals surface area (Å²) in [5.41, 5.74) is 2.63. The first-order valence-corrected chi connectivity index (χ1v) is 11.5. The van der Waals surface area contributed by atoms with Crippen molar-refractivity contribution in [1.82, 2.24) is 9.21 Å². The number of sulfonamides is 1. The van der Waals surface area contributed by atoms with E-state index in [1.165, 1.54) is 4.31 Å². The zero-order valence-corrected chi connectivity index (χ0v) is 18.2. The van der Waals surface area contributed by atoms with Gasteiger partial charge in [-0.15, -0.1) is 0 Å². The molecule has 1 aliphatic heterocycles. The van der Waals surface area contributed by atoms with Crippen LogP contribution >= 0.6 is 15.9 Å². The largest absolute Gasteiger partial charge is 0.324 e. The molecule has 1 heterocycles. The standard InChI is InChI=1S/C20H24BrN3O3S/c1-16-7-8-19(18(21)13-16)22-20(25)14-23-9-11-24(12-10-23)28(26,27)15-17-5-3-2-4-6-17/h2-8,13H,9-12,14-15H2,1H3,(H,22,25). The minimum Gasteiger partial charge on any atom is -0.324 e. The molecule has 1 fully saturated rings. The Morgan fingerprint density at radius 3 is 2.39 bits per heavy atom. The highest BCUT2D eigenvalue weighted by molar-refractivity contribution is 9.10. The summed E-state index contributed by atoms with van der Waals surface area (Å²) in [7, 11) is -3.35. The van der Waals surface area contributed by atoms with Gasteiger partial charge < -0.3 is 5.32 Å². The van der Waals surface area contributed by atoms with Crippen molar-refractivity contribution in [2.45, 2.75) is 12.7 Å². The monoisotopic (exact) mass is 465 g/mol. The van der Waals surface area contributed by atoms with Gasteiger partial charge in [-0.2, -0.15) is 4.31 Å². The molecule has 0 saturated carbocycles. The van der Waals surface area contributed by atoms with Crippen molar-refractivity contribution in [3.8, 4) is 0 Å². The molecule has 1 aliphatic rings. The Labute approximate surface area is 174 Å². The molecule has 6 nitrogen and oxygen atoms in total. The molecule has 150 valence electrons. The Balaban J connectivity index is 1.50. The molecule has 0 radical (unpaired) electrons. The molecule has 0 atom stereocenters. The van der Waals surface area contributed by atoms with E-state index in [2.05, 4.69) is 21.2 Å². The van der Waals surface area contributed by atoms with Crippen molar-refractivity contribution in [2.24, 2.45) is 0 Å². The number of rotatable bonds is 6. The maximum Gasteiger partial charge on any atom is 0.238 e. The summed E-state index contributed by atoms with van der Waals surface area (Å²) < 4.78 is 27.6. The molecule has 2 aromatic rings. The molecule has 2 aromatic carbocycles. The van der Waals surface area contributed by atoms with Gasteiger partial charge in [-0.3, -0.25) is 9.69 Å². The first-order valence-electron chi connectivity index (χ1n) is 9.13. The van der Waals surface area contributed by atoms with Gasteiger partial charge in [-0.05, 0) is 46.1 Å². The van der Waals surface area contributed by atoms with Crippen molar-refractivity contribution < 1.29 is 13.2 Å². The zero-order chi connectivity index (χ0) is 20.1. The van der Waals surface area contributed by atoms with Crippen molar-refractivity contribution in [1.29, 1.82) is 0 Å². The van der Waals surface area contributed by atoms with Gasteiger partial charge in [-0.1, -0.05) is 36.4 Å². The third-order valence-electron chi connectivity index (χ3n) is 4.68. The van der Waals surface area contributed by atoms with Crippen LogP contribution in [0.4, 0.5) is 5.69 Å². The quantitative estimate of drug-likeness (QED) is 0.711. The number of piperazine rings is 1. The number of carbonyl (C=O) groups is 1. The van der Waals surface area contributed by atoms with Crippen molar-refractivity contribution >= 4 is 37.5 Å². The highest BCUT2D eigenvalue weighted by Gasteiger charge is 2.27. The van der Waals surface area contributed by atoms with Crippen LogP contribution in [0.1, 0.15) is 11.1 Å². The third-order valence-corrected chi connectivity index (χ3v) is 7.19. The van der Waals surface area contributed by atoms with Crippen LogP contribution in [0.2, 0.25) is 0 Å². The number of amides is 1. The van der Waals surface area contributed by atoms with Gasteiger partial charge in [0.2, 0.25) is 15.9 Å². The molecule has 0 aliphatic carbocycles. The lowest BCUT2D eigenvalue weighted by Crippen LogP contribution is -2.50. The van der Waals surface area contributed by atoms with Crippen molar-refractivity contribution in [3.05, 3.63) is 64.1 Å². The highest BCUT2D eigenvalue weighted by atomic mass is 79.9. The van der Waals surface area contributed by atoms with E-state index >= 15 is 0 Å². The molecule has 28 heavy (non-hydrogen) atoms. The topological polar surface area (TPSA) is 69.7 Å². The molecule has 0 bridgehead atoms. The lowest BCUT2D eigenvalue weighted by atomic mass is 10.2. The molecule has 1 N–H and O–H groups in total. The lowest BCUT2D eigenvalue weighted by molar-refractivity contribution is -0.117. The Morgan fingerprint density at radius 2 is 1.75 bits per heavy atom. The molecule has 1 saturated heterocycles. The van der Waals surface area contributed by atoms with Gasteiger partial charge in [0, 0.05) is 30.7 Å². The van der Waals surface area contributed by atoms with Crippen LogP contribution in [-0.2, 0) is 20.6 Å². The number of halogens is 1. The van der Waals surface area contributed by atoms with Gasteiger partial charge in [0.05, 0.1) is 18.0 Å². The third kappa shape index (κ3) is 5.64. The van der Waals surface area contributed by atoms with E-state index in [0.29, 0.717) is 26.2 Å². The second-order valence-electron chi connectivity index (χ2n) is 6.95. The molecular formula is C20H24BrN3O3S. The van der Waals surface area contributed by atoms with Gasteiger partial charge in [0.15, 0.2) is 0 Å². The number of carbonyl (C=O) groups excluding carboxylic acids is 1. The normalized spacial score (nSPS) is 16.1. The Bertz CT molecular complexity index is 927. The number of hydrogen-bond donors (Lipinski definition) is 1. The molecule has 0 aromatic heterocycles. The average molecular weight is 466 g/mol. The maximum absolute atomic E-state index is 12.6. The number of nitrogens with zero attached hydrogens (tertiary/aromatic N) is 2. The van der Waals surface area contributed by atoms with E-state index in [-0.39, 0.29) is 18.2 Å². The molecule has 3 rings (SSSR count). The van der Waals surface area contributed by atoms with E-state index in [0.717, 1.165) is 21.3 Å². The molecule has 1 amide bonds. The van der Waals surface area contributed by atoms with Crippen LogP contribution in [0.25, 0.3) is 0 Å². The van der Waals surface area contributed by atoms with E-state index in [1.807, 2.05) is 60.4 Å². The van der Waals surface area contributed by atoms with Crippen LogP contribution in [0.15, 0.2) is 53.0 Å². The molecular weight excluding hydrogens is 442 g/mol. The number of nitrogens with one attached hydrogen (secondary N) is 1. The van der Waals surface area contributed by atoms with Crippen LogP contribution in [0.3, 0.4) is 0 Å². The van der Waals surface area contributed by atoms with Crippen LogP contribution < -0.4 is 5.32 Å². The van der Waals surface area contributed by atoms with E-state index in [1.54, 1.807) is 0 Å². The fraction of sp³-hybridized carbons (Fsp3) is 0.350. The van der Waals surface area contributed by atoms with Gasteiger partial charge in [0.25, 0.3) is 0 Å². The lowest BCUT2D eigenvalue weighted by Gasteiger charge is -2.33. The summed E-state index contributed by atoms with van der Waals surface area (Å²) in [6, 6.07) is 15.0. The minimum absolute atomic E-state index is 0.00970. The fourth-order valence-corrected chi connectivity index (χ4v) is 5.26. The summed E-state index contributed by atoms with van der Waals surface area (Å²) in [5, 5.41) is 2.90. The van der Waals surface area contributed by atoms with Crippen molar-refractivity contribution in [3.63, 3.8) is 0 Å². The van der Waals surface area contributed by atoms with Crippen molar-refractivity contribution in [2.75, 3.05) is 38.0 Å². The summed E-state index contributed by atoms with van der Waals surface area (Å²) in [6.07, 6.45) is 0. The van der Waals surface area contributed by atoms with E-state index in [4.69, 9.17) is 0 Å². The number of aryl methyl sites for hydroxylation is 1. The van der Waals surface area contributed by atoms with Gasteiger partial charge in [0.1, 0.15) is 0 Å². The van der Waals surface area contributed by atoms with E-state index in [9.17, 15) is 13.2 Å². The predicted octanol–water partition coefficient (Wildman–Crippen LogP) is 2.84. The molecule has 8 heteroatoms. The van der Waals surface area contributed by atoms with Crippen LogP contribution in [-0.4, -0.2) is 56.3 Å². The highest BCUT2D eigenvalue weighted by Crippen LogP contribution is 2.23. The predicted molar refractivity (Wildman–Crippen MR) is 115 cm³/mol. The van der Waals surface area contributed by atoms with Crippen LogP contribution in [0.5, 0.6) is 0 Å². The average Bonchev–Trinajstić information content (AvgIpc) is 2.65. The minimum atomic E-state index is -3.35. The zero-order valence-electron chi connectivity index (χ0n) is 15.8. The van der Waals surface area contributed by atoms with Crippen LogP contribution in [0, 0.1) is 6.92 Å². The smallest absolute Gasteiger partial charge is 0.238 e. The second kappa shape index (κ2) is 9.17. The Kier molecular flexibility index (Phi) is 6.87. The van der Waals surface area contributed by atoms with Gasteiger partial charge in [-0.25, -0.2) is 8.42 Å². The second-order valence-corrected chi connectivity index (χ2v) is 9.77.